The van der Waals surface area contributed by atoms with Crippen LogP contribution in [-0.4, -0.2) is 101 Å². The second-order valence-corrected chi connectivity index (χ2v) is 16.6. The summed E-state index contributed by atoms with van der Waals surface area (Å²) in [6.07, 6.45) is 8.05. The number of aromatic carboxylic acids is 1. The van der Waals surface area contributed by atoms with Crippen LogP contribution in [0.2, 0.25) is 10.0 Å². The first-order valence-corrected chi connectivity index (χ1v) is 21.0. The number of likely N-dealkylation sites (tertiary alicyclic amines) is 1. The van der Waals surface area contributed by atoms with Gasteiger partial charge in [0, 0.05) is 12.6 Å². The summed E-state index contributed by atoms with van der Waals surface area (Å²) in [5.74, 6) is -6.74. The quantitative estimate of drug-likeness (QED) is 0.0816. The van der Waals surface area contributed by atoms with Crippen molar-refractivity contribution in [2.45, 2.75) is 129 Å². The lowest BCUT2D eigenvalue weighted by Gasteiger charge is -2.33. The van der Waals surface area contributed by atoms with E-state index in [9.17, 15) is 43.5 Å². The third-order valence-corrected chi connectivity index (χ3v) is 11.2. The lowest BCUT2D eigenvalue weighted by molar-refractivity contribution is -0.143. The molecule has 0 bridgehead atoms. The highest BCUT2D eigenvalue weighted by atomic mass is 35.5. The topological polar surface area (TPSA) is 243 Å². The van der Waals surface area contributed by atoms with Crippen LogP contribution in [0.15, 0.2) is 24.3 Å². The van der Waals surface area contributed by atoms with Crippen LogP contribution in [0.1, 0.15) is 120 Å². The van der Waals surface area contributed by atoms with Crippen molar-refractivity contribution < 1.29 is 48.2 Å². The number of esters is 1. The van der Waals surface area contributed by atoms with E-state index >= 15 is 0 Å². The fourth-order valence-electron chi connectivity index (χ4n) is 7.41. The van der Waals surface area contributed by atoms with Crippen molar-refractivity contribution in [3.8, 4) is 0 Å². The molecule has 59 heavy (non-hydrogen) atoms. The zero-order chi connectivity index (χ0) is 44.0. The largest absolute Gasteiger partial charge is 0.478 e. The van der Waals surface area contributed by atoms with Crippen LogP contribution < -0.4 is 27.0 Å². The van der Waals surface area contributed by atoms with E-state index < -0.39 is 89.1 Å². The molecule has 1 aromatic rings. The number of ether oxygens (including phenoxy) is 1. The minimum atomic E-state index is -1.47. The fraction of sp³-hybridized carbons (Fsp3) is 0.610. The van der Waals surface area contributed by atoms with E-state index in [1.807, 2.05) is 13.8 Å². The summed E-state index contributed by atoms with van der Waals surface area (Å²) >= 11 is 12.1. The van der Waals surface area contributed by atoms with Crippen LogP contribution in [0.4, 0.5) is 0 Å². The summed E-state index contributed by atoms with van der Waals surface area (Å²) in [5, 5.41) is 20.4. The molecule has 3 rings (SSSR count). The van der Waals surface area contributed by atoms with Crippen LogP contribution in [0.5, 0.6) is 0 Å². The molecule has 1 aliphatic carbocycles. The average molecular weight is 866 g/mol. The lowest BCUT2D eigenvalue weighted by Crippen LogP contribution is -2.60. The van der Waals surface area contributed by atoms with Gasteiger partial charge in [0.25, 0.3) is 5.91 Å². The Bertz CT molecular complexity index is 1750. The normalized spacial score (nSPS) is 17.8. The Morgan fingerprint density at radius 2 is 1.49 bits per heavy atom. The third-order valence-electron chi connectivity index (χ3n) is 10.5. The maximum Gasteiger partial charge on any atom is 0.336 e. The van der Waals surface area contributed by atoms with Gasteiger partial charge in [-0.05, 0) is 81.8 Å². The Labute approximate surface area is 355 Å². The lowest BCUT2D eigenvalue weighted by atomic mass is 9.83. The molecule has 0 radical (unpaired) electrons. The predicted molar refractivity (Wildman–Crippen MR) is 220 cm³/mol. The molecule has 1 aromatic carbocycles. The molecule has 16 nitrogen and oxygen atoms in total. The summed E-state index contributed by atoms with van der Waals surface area (Å²) in [4.78, 5) is 107. The number of nitrogens with one attached hydrogen (secondary N) is 4. The first-order chi connectivity index (χ1) is 27.9. The summed E-state index contributed by atoms with van der Waals surface area (Å²) in [6.45, 7) is 9.16. The minimum absolute atomic E-state index is 0.0175. The monoisotopic (exact) mass is 864 g/mol. The number of carboxylic acid groups (broad SMARTS) is 1. The summed E-state index contributed by atoms with van der Waals surface area (Å²) in [7, 11) is 0. The predicted octanol–water partition coefficient (Wildman–Crippen LogP) is 3.90. The van der Waals surface area contributed by atoms with E-state index in [0.717, 1.165) is 44.2 Å². The van der Waals surface area contributed by atoms with Crippen molar-refractivity contribution >= 4 is 70.6 Å². The molecule has 2 fully saturated rings. The van der Waals surface area contributed by atoms with Crippen LogP contribution in [-0.2, 0) is 33.5 Å². The molecule has 0 aromatic heterocycles. The van der Waals surface area contributed by atoms with E-state index in [2.05, 4.69) is 21.3 Å². The van der Waals surface area contributed by atoms with Crippen LogP contribution in [0, 0.1) is 17.8 Å². The van der Waals surface area contributed by atoms with Gasteiger partial charge in [-0.3, -0.25) is 28.8 Å². The molecular formula is C41H58Cl2N6O10. The molecule has 1 saturated carbocycles. The van der Waals surface area contributed by atoms with Gasteiger partial charge in [-0.15, -0.1) is 0 Å². The maximum absolute atomic E-state index is 14.2. The van der Waals surface area contributed by atoms with Gasteiger partial charge >= 0.3 is 11.9 Å². The average Bonchev–Trinajstić information content (AvgIpc) is 3.67. The number of hydrogen-bond acceptors (Lipinski definition) is 9. The molecule has 1 heterocycles. The van der Waals surface area contributed by atoms with Crippen LogP contribution >= 0.6 is 23.2 Å². The van der Waals surface area contributed by atoms with Gasteiger partial charge < -0.3 is 41.7 Å². The Kier molecular flexibility index (Phi) is 19.1. The van der Waals surface area contributed by atoms with Crippen molar-refractivity contribution in [3.05, 3.63) is 45.5 Å². The summed E-state index contributed by atoms with van der Waals surface area (Å²) in [5.41, 5.74) is 4.89. The maximum atomic E-state index is 14.2. The van der Waals surface area contributed by atoms with Crippen LogP contribution in [0.25, 0.3) is 0 Å². The fourth-order valence-corrected chi connectivity index (χ4v) is 7.74. The van der Waals surface area contributed by atoms with Gasteiger partial charge in [-0.2, -0.15) is 0 Å². The zero-order valence-electron chi connectivity index (χ0n) is 34.3. The van der Waals surface area contributed by atoms with Crippen molar-refractivity contribution in [1.82, 2.24) is 26.2 Å². The highest BCUT2D eigenvalue weighted by Crippen LogP contribution is 2.28. The Morgan fingerprint density at radius 3 is 2.07 bits per heavy atom. The number of carbonyl (C=O) groups excluding carboxylic acids is 7. The van der Waals surface area contributed by atoms with Gasteiger partial charge in [-0.25, -0.2) is 9.59 Å². The highest BCUT2D eigenvalue weighted by molar-refractivity contribution is 6.42. The van der Waals surface area contributed by atoms with Crippen molar-refractivity contribution in [2.75, 3.05) is 13.2 Å². The highest BCUT2D eigenvalue weighted by Gasteiger charge is 2.41. The molecule has 4 unspecified atom stereocenters. The molecule has 7 N–H and O–H groups in total. The number of allylic oxidation sites excluding steroid dienone is 1. The number of primary amides is 1. The number of amides is 6. The smallest absolute Gasteiger partial charge is 0.336 e. The molecule has 2 aliphatic rings. The molecule has 0 spiro atoms. The Hall–Kier alpha value is -4.70. The number of rotatable bonds is 20. The van der Waals surface area contributed by atoms with Gasteiger partial charge in [0.05, 0.1) is 27.8 Å². The Morgan fingerprint density at radius 1 is 0.864 bits per heavy atom. The van der Waals surface area contributed by atoms with E-state index in [1.165, 1.54) is 17.1 Å². The van der Waals surface area contributed by atoms with Gasteiger partial charge in [-0.1, -0.05) is 76.2 Å². The van der Waals surface area contributed by atoms with E-state index in [0.29, 0.717) is 12.8 Å². The SMILES string of the molecule is CCOC(=O)/C=C/CCC(NC(=O)c1cc(Cl)c(Cl)cc1C(=O)O)C(=O)NC(C(=O)N1CCC[C@H]1C(=O)NC(CC(C)C)C(=O)NC(C(N)=O)C1CCCCC1)C(C)C. The standard InChI is InChI=1S/C41H58Cl2N6O10/c1-6-59-32(50)17-11-10-15-29(45-36(52)25-20-27(42)28(43)21-26(25)41(57)58)37(53)47-33(23(4)5)40(56)49-18-12-16-31(49)39(55)46-30(19-22(2)3)38(54)48-34(35(44)51)24-13-8-7-9-14-24/h11,17,20-24,29-31,33-34H,6-10,12-16,18-19H2,1-5H3,(H2,44,51)(H,45,52)(H,46,55)(H,47,53)(H,48,54)(H,57,58)/b17-11+/t29?,30?,31-,33?,34?/m0/s1. The number of carbonyl (C=O) groups is 8. The van der Waals surface area contributed by atoms with Crippen molar-refractivity contribution in [2.24, 2.45) is 23.5 Å². The van der Waals surface area contributed by atoms with Gasteiger partial charge in [0.15, 0.2) is 0 Å². The number of hydrogen-bond donors (Lipinski definition) is 6. The van der Waals surface area contributed by atoms with Crippen molar-refractivity contribution in [1.29, 1.82) is 0 Å². The second-order valence-electron chi connectivity index (χ2n) is 15.8. The molecular weight excluding hydrogens is 807 g/mol. The summed E-state index contributed by atoms with van der Waals surface area (Å²) < 4.78 is 4.89. The van der Waals surface area contributed by atoms with Crippen LogP contribution in [0.3, 0.4) is 0 Å². The summed E-state index contributed by atoms with van der Waals surface area (Å²) in [6, 6.07) is -3.29. The molecule has 5 atom stereocenters. The minimum Gasteiger partial charge on any atom is -0.478 e. The second kappa shape index (κ2) is 23.2. The molecule has 1 aliphatic heterocycles. The molecule has 18 heteroatoms. The number of benzene rings is 1. The number of carboxylic acids is 1. The number of nitrogens with two attached hydrogens (primary N) is 1. The van der Waals surface area contributed by atoms with E-state index in [-0.39, 0.29) is 59.9 Å². The number of halogens is 2. The van der Waals surface area contributed by atoms with Gasteiger partial charge in [0.1, 0.15) is 30.2 Å². The van der Waals surface area contributed by atoms with Gasteiger partial charge in [0.2, 0.25) is 29.5 Å². The first kappa shape index (κ1) is 48.7. The van der Waals surface area contributed by atoms with E-state index in [4.69, 9.17) is 33.7 Å². The first-order valence-electron chi connectivity index (χ1n) is 20.2. The Balaban J connectivity index is 1.83. The number of nitrogens with zero attached hydrogens (tertiary/aromatic N) is 1. The van der Waals surface area contributed by atoms with E-state index in [1.54, 1.807) is 20.8 Å². The molecule has 6 amide bonds. The molecule has 1 saturated heterocycles. The third kappa shape index (κ3) is 14.2. The van der Waals surface area contributed by atoms with Crippen molar-refractivity contribution in [3.63, 3.8) is 0 Å². The zero-order valence-corrected chi connectivity index (χ0v) is 35.8. The molecule has 326 valence electrons.